The van der Waals surface area contributed by atoms with Crippen LogP contribution in [0.15, 0.2) is 53.1 Å². The summed E-state index contributed by atoms with van der Waals surface area (Å²) in [5.74, 6) is 1.06. The minimum absolute atomic E-state index is 0.325. The standard InChI is InChI=1S/C17H25N/c1-14-10-6-5-7-12-16(3)17(4)18-13-9-8-11-15(14)2/h5-9,11-14,16-17H,10H2,1-4H3/b6-5-,9-8-,12-7-,15-11-,18-13+. The van der Waals surface area contributed by atoms with E-state index in [-0.39, 0.29) is 0 Å². The molecule has 0 spiro atoms. The van der Waals surface area contributed by atoms with Gasteiger partial charge in [0.2, 0.25) is 0 Å². The number of allylic oxidation sites excluding steroid dienone is 7. The predicted molar refractivity (Wildman–Crippen MR) is 82.1 cm³/mol. The van der Waals surface area contributed by atoms with Crippen molar-refractivity contribution in [3.05, 3.63) is 48.1 Å². The molecule has 0 aromatic rings. The van der Waals surface area contributed by atoms with Crippen molar-refractivity contribution in [2.24, 2.45) is 16.8 Å². The van der Waals surface area contributed by atoms with Crippen LogP contribution < -0.4 is 0 Å². The molecular weight excluding hydrogens is 218 g/mol. The quantitative estimate of drug-likeness (QED) is 0.583. The first-order valence-electron chi connectivity index (χ1n) is 6.81. The van der Waals surface area contributed by atoms with Crippen molar-refractivity contribution >= 4 is 6.21 Å². The highest BCUT2D eigenvalue weighted by atomic mass is 14.8. The molecule has 0 bridgehead atoms. The maximum atomic E-state index is 4.52. The minimum Gasteiger partial charge on any atom is -0.290 e. The molecule has 3 atom stereocenters. The van der Waals surface area contributed by atoms with Crippen LogP contribution in [0.25, 0.3) is 0 Å². The lowest BCUT2D eigenvalue weighted by Gasteiger charge is -2.11. The topological polar surface area (TPSA) is 12.4 Å². The summed E-state index contributed by atoms with van der Waals surface area (Å²) < 4.78 is 0. The maximum Gasteiger partial charge on any atom is 0.0531 e. The molecule has 1 nitrogen and oxygen atoms in total. The van der Waals surface area contributed by atoms with Crippen molar-refractivity contribution in [2.45, 2.75) is 40.2 Å². The zero-order valence-electron chi connectivity index (χ0n) is 12.0. The Balaban J connectivity index is 2.85. The minimum atomic E-state index is 0.325. The van der Waals surface area contributed by atoms with Gasteiger partial charge in [0.25, 0.3) is 0 Å². The maximum absolute atomic E-state index is 4.52. The van der Waals surface area contributed by atoms with Crippen molar-refractivity contribution in [3.63, 3.8) is 0 Å². The summed E-state index contributed by atoms with van der Waals surface area (Å²) in [6.45, 7) is 8.80. The lowest BCUT2D eigenvalue weighted by molar-refractivity contribution is 0.587. The van der Waals surface area contributed by atoms with Crippen LogP contribution in [-0.4, -0.2) is 12.3 Å². The van der Waals surface area contributed by atoms with Crippen molar-refractivity contribution in [2.75, 3.05) is 0 Å². The Morgan fingerprint density at radius 2 is 1.83 bits per heavy atom. The number of hydrogen-bond acceptors (Lipinski definition) is 1. The summed E-state index contributed by atoms with van der Waals surface area (Å²) in [5.41, 5.74) is 1.41. The average molecular weight is 243 g/mol. The third kappa shape index (κ3) is 5.31. The molecule has 18 heavy (non-hydrogen) atoms. The summed E-state index contributed by atoms with van der Waals surface area (Å²) in [6, 6.07) is 0.325. The molecule has 0 aromatic carbocycles. The predicted octanol–water partition coefficient (Wildman–Crippen LogP) is 4.74. The third-order valence-electron chi connectivity index (χ3n) is 3.57. The van der Waals surface area contributed by atoms with E-state index in [4.69, 9.17) is 0 Å². The second-order valence-electron chi connectivity index (χ2n) is 5.14. The fourth-order valence-electron chi connectivity index (χ4n) is 1.69. The van der Waals surface area contributed by atoms with Gasteiger partial charge in [-0.2, -0.15) is 0 Å². The largest absolute Gasteiger partial charge is 0.290 e. The Morgan fingerprint density at radius 1 is 1.06 bits per heavy atom. The smallest absolute Gasteiger partial charge is 0.0531 e. The Labute approximate surface area is 112 Å². The molecule has 0 amide bonds. The van der Waals surface area contributed by atoms with Gasteiger partial charge < -0.3 is 0 Å². The summed E-state index contributed by atoms with van der Waals surface area (Å²) in [7, 11) is 0. The van der Waals surface area contributed by atoms with E-state index < -0.39 is 0 Å². The van der Waals surface area contributed by atoms with Gasteiger partial charge in [0.05, 0.1) is 6.04 Å². The Kier molecular flexibility index (Phi) is 6.42. The average Bonchev–Trinajstić information content (AvgIpc) is 2.35. The van der Waals surface area contributed by atoms with Gasteiger partial charge in [0, 0.05) is 6.21 Å². The normalized spacial score (nSPS) is 40.0. The highest BCUT2D eigenvalue weighted by molar-refractivity contribution is 5.71. The van der Waals surface area contributed by atoms with Gasteiger partial charge in [0.15, 0.2) is 0 Å². The van der Waals surface area contributed by atoms with Gasteiger partial charge in [0.1, 0.15) is 0 Å². The van der Waals surface area contributed by atoms with E-state index in [1.54, 1.807) is 0 Å². The number of nitrogens with zero attached hydrogens (tertiary/aromatic N) is 1. The van der Waals surface area contributed by atoms with Gasteiger partial charge in [-0.15, -0.1) is 0 Å². The lowest BCUT2D eigenvalue weighted by atomic mass is 9.98. The van der Waals surface area contributed by atoms with E-state index in [1.165, 1.54) is 5.57 Å². The van der Waals surface area contributed by atoms with Crippen molar-refractivity contribution in [3.8, 4) is 0 Å². The van der Waals surface area contributed by atoms with Gasteiger partial charge in [-0.3, -0.25) is 4.99 Å². The Hall–Kier alpha value is -1.37. The van der Waals surface area contributed by atoms with E-state index in [9.17, 15) is 0 Å². The molecule has 1 heterocycles. The first kappa shape index (κ1) is 14.7. The van der Waals surface area contributed by atoms with Crippen molar-refractivity contribution in [1.29, 1.82) is 0 Å². The van der Waals surface area contributed by atoms with Crippen LogP contribution in [0.4, 0.5) is 0 Å². The number of hydrogen-bond donors (Lipinski definition) is 0. The molecule has 1 aliphatic heterocycles. The van der Waals surface area contributed by atoms with Crippen molar-refractivity contribution < 1.29 is 0 Å². The van der Waals surface area contributed by atoms with Gasteiger partial charge in [-0.05, 0) is 38.2 Å². The van der Waals surface area contributed by atoms with Gasteiger partial charge >= 0.3 is 0 Å². The van der Waals surface area contributed by atoms with E-state index in [2.05, 4.69) is 69.1 Å². The summed E-state index contributed by atoms with van der Waals surface area (Å²) in [6.07, 6.45) is 18.0. The molecule has 98 valence electrons. The molecule has 0 saturated carbocycles. The zero-order chi connectivity index (χ0) is 13.4. The first-order chi connectivity index (χ1) is 8.61. The molecule has 0 aromatic heterocycles. The van der Waals surface area contributed by atoms with Crippen LogP contribution in [0.5, 0.6) is 0 Å². The Bertz CT molecular complexity index is 382. The molecule has 3 unspecified atom stereocenters. The van der Waals surface area contributed by atoms with Crippen LogP contribution in [0.2, 0.25) is 0 Å². The monoisotopic (exact) mass is 243 g/mol. The van der Waals surface area contributed by atoms with Gasteiger partial charge in [-0.25, -0.2) is 0 Å². The SMILES string of the molecule is C/C1=C/C=C\C=N\C(C)C(C)/C=C\C=C/CC1C. The van der Waals surface area contributed by atoms with Crippen LogP contribution in [0.1, 0.15) is 34.1 Å². The second kappa shape index (κ2) is 7.86. The second-order valence-corrected chi connectivity index (χ2v) is 5.14. The van der Waals surface area contributed by atoms with Crippen molar-refractivity contribution in [1.82, 2.24) is 0 Å². The zero-order valence-corrected chi connectivity index (χ0v) is 12.0. The van der Waals surface area contributed by atoms with Crippen LogP contribution in [-0.2, 0) is 0 Å². The van der Waals surface area contributed by atoms with E-state index in [1.807, 2.05) is 12.3 Å². The molecule has 0 aliphatic carbocycles. The summed E-state index contributed by atoms with van der Waals surface area (Å²) >= 11 is 0. The Morgan fingerprint density at radius 3 is 2.61 bits per heavy atom. The highest BCUT2D eigenvalue weighted by Gasteiger charge is 2.05. The molecule has 1 aliphatic rings. The molecule has 0 fully saturated rings. The number of rotatable bonds is 0. The number of aliphatic imine (C=N–C) groups is 1. The van der Waals surface area contributed by atoms with Crippen LogP contribution in [0.3, 0.4) is 0 Å². The molecule has 1 rings (SSSR count). The molecule has 0 saturated heterocycles. The highest BCUT2D eigenvalue weighted by Crippen LogP contribution is 2.15. The molecule has 0 N–H and O–H groups in total. The molecule has 0 radical (unpaired) electrons. The fraction of sp³-hybridized carbons (Fsp3) is 0.471. The lowest BCUT2D eigenvalue weighted by Crippen LogP contribution is -2.08. The van der Waals surface area contributed by atoms with E-state index >= 15 is 0 Å². The van der Waals surface area contributed by atoms with Crippen LogP contribution in [0, 0.1) is 11.8 Å². The summed E-state index contributed by atoms with van der Waals surface area (Å²) in [4.78, 5) is 4.52. The molecular formula is C17H25N. The third-order valence-corrected chi connectivity index (χ3v) is 3.57. The summed E-state index contributed by atoms with van der Waals surface area (Å²) in [5, 5.41) is 0. The first-order valence-corrected chi connectivity index (χ1v) is 6.81. The molecule has 1 heteroatoms. The van der Waals surface area contributed by atoms with Crippen LogP contribution >= 0.6 is 0 Å². The van der Waals surface area contributed by atoms with Gasteiger partial charge in [-0.1, -0.05) is 55.9 Å². The van der Waals surface area contributed by atoms with E-state index in [0.29, 0.717) is 17.9 Å². The fourth-order valence-corrected chi connectivity index (χ4v) is 1.69. The van der Waals surface area contributed by atoms with E-state index in [0.717, 1.165) is 6.42 Å².